The summed E-state index contributed by atoms with van der Waals surface area (Å²) in [6, 6.07) is 2.76. The molecule has 0 aromatic carbocycles. The highest BCUT2D eigenvalue weighted by atomic mass is 79.9. The molecule has 0 fully saturated rings. The predicted octanol–water partition coefficient (Wildman–Crippen LogP) is 5.38. The third kappa shape index (κ3) is 5.11. The second kappa shape index (κ2) is 8.28. The molecule has 0 amide bonds. The van der Waals surface area contributed by atoms with Gasteiger partial charge in [0.1, 0.15) is 0 Å². The van der Waals surface area contributed by atoms with Crippen LogP contribution in [-0.4, -0.2) is 7.05 Å². The van der Waals surface area contributed by atoms with E-state index in [1.807, 2.05) is 0 Å². The van der Waals surface area contributed by atoms with Gasteiger partial charge in [0.05, 0.1) is 3.79 Å². The molecule has 98 valence electrons. The fourth-order valence-corrected chi connectivity index (χ4v) is 3.47. The van der Waals surface area contributed by atoms with Crippen molar-refractivity contribution in [2.45, 2.75) is 52.0 Å². The summed E-state index contributed by atoms with van der Waals surface area (Å²) < 4.78 is 1.23. The molecule has 0 spiro atoms. The minimum atomic E-state index is 0.513. The van der Waals surface area contributed by atoms with Crippen LogP contribution >= 0.6 is 27.3 Å². The number of thiophene rings is 1. The number of halogens is 1. The van der Waals surface area contributed by atoms with Crippen molar-refractivity contribution in [3.8, 4) is 0 Å². The van der Waals surface area contributed by atoms with Crippen LogP contribution in [0.25, 0.3) is 0 Å². The summed E-state index contributed by atoms with van der Waals surface area (Å²) in [4.78, 5) is 0. The summed E-state index contributed by atoms with van der Waals surface area (Å²) >= 11 is 5.32. The number of nitrogens with one attached hydrogen (secondary N) is 1. The summed E-state index contributed by atoms with van der Waals surface area (Å²) in [6.45, 7) is 4.59. The van der Waals surface area contributed by atoms with Crippen molar-refractivity contribution >= 4 is 27.3 Å². The highest BCUT2D eigenvalue weighted by molar-refractivity contribution is 9.11. The largest absolute Gasteiger partial charge is 0.313 e. The molecule has 0 radical (unpaired) electrons. The van der Waals surface area contributed by atoms with Gasteiger partial charge in [-0.3, -0.25) is 0 Å². The second-order valence-electron chi connectivity index (χ2n) is 4.68. The average molecular weight is 318 g/mol. The summed E-state index contributed by atoms with van der Waals surface area (Å²) in [5.74, 6) is 0.853. The van der Waals surface area contributed by atoms with Gasteiger partial charge in [0, 0.05) is 6.04 Å². The van der Waals surface area contributed by atoms with Crippen LogP contribution in [0.5, 0.6) is 0 Å². The Morgan fingerprint density at radius 1 is 1.41 bits per heavy atom. The van der Waals surface area contributed by atoms with Crippen molar-refractivity contribution in [3.05, 3.63) is 20.8 Å². The zero-order valence-electron chi connectivity index (χ0n) is 11.1. The second-order valence-corrected chi connectivity index (χ2v) is 6.97. The van der Waals surface area contributed by atoms with E-state index in [1.165, 1.54) is 41.5 Å². The van der Waals surface area contributed by atoms with Crippen molar-refractivity contribution in [1.29, 1.82) is 0 Å². The van der Waals surface area contributed by atoms with Crippen LogP contribution in [0.1, 0.15) is 57.6 Å². The van der Waals surface area contributed by atoms with Crippen molar-refractivity contribution < 1.29 is 0 Å². The molecule has 0 saturated heterocycles. The maximum absolute atomic E-state index is 3.55. The van der Waals surface area contributed by atoms with Gasteiger partial charge in [0.25, 0.3) is 0 Å². The molecule has 0 bridgehead atoms. The fraction of sp³-hybridized carbons (Fsp3) is 0.714. The van der Waals surface area contributed by atoms with Gasteiger partial charge in [-0.15, -0.1) is 11.3 Å². The van der Waals surface area contributed by atoms with Gasteiger partial charge in [-0.2, -0.15) is 0 Å². The standard InChI is InChI=1S/C14H24BrNS/c1-4-6-7-11(5-2)8-13(16-3)12-9-14(15)17-10-12/h9-11,13,16H,4-8H2,1-3H3. The lowest BCUT2D eigenvalue weighted by Crippen LogP contribution is -2.19. The lowest BCUT2D eigenvalue weighted by atomic mass is 9.90. The third-order valence-corrected chi connectivity index (χ3v) is 4.97. The molecule has 0 aliphatic heterocycles. The molecular weight excluding hydrogens is 294 g/mol. The van der Waals surface area contributed by atoms with Crippen molar-refractivity contribution in [2.24, 2.45) is 5.92 Å². The zero-order chi connectivity index (χ0) is 12.7. The first-order valence-electron chi connectivity index (χ1n) is 6.62. The number of unbranched alkanes of at least 4 members (excludes halogenated alkanes) is 1. The maximum Gasteiger partial charge on any atom is 0.0701 e. The highest BCUT2D eigenvalue weighted by Crippen LogP contribution is 2.31. The first-order chi connectivity index (χ1) is 8.21. The molecule has 0 aliphatic rings. The lowest BCUT2D eigenvalue weighted by Gasteiger charge is -2.21. The van der Waals surface area contributed by atoms with Crippen molar-refractivity contribution in [3.63, 3.8) is 0 Å². The van der Waals surface area contributed by atoms with Gasteiger partial charge in [0.15, 0.2) is 0 Å². The van der Waals surface area contributed by atoms with Crippen molar-refractivity contribution in [1.82, 2.24) is 5.32 Å². The van der Waals surface area contributed by atoms with Gasteiger partial charge in [-0.1, -0.05) is 39.5 Å². The lowest BCUT2D eigenvalue weighted by molar-refractivity contribution is 0.365. The van der Waals surface area contributed by atoms with Gasteiger partial charge < -0.3 is 5.32 Å². The smallest absolute Gasteiger partial charge is 0.0701 e. The molecule has 1 heterocycles. The predicted molar refractivity (Wildman–Crippen MR) is 81.7 cm³/mol. The number of rotatable bonds is 8. The maximum atomic E-state index is 3.55. The van der Waals surface area contributed by atoms with Crippen molar-refractivity contribution in [2.75, 3.05) is 7.05 Å². The minimum Gasteiger partial charge on any atom is -0.313 e. The Balaban J connectivity index is 2.55. The topological polar surface area (TPSA) is 12.0 Å². The molecule has 2 unspecified atom stereocenters. The molecule has 0 saturated carbocycles. The molecule has 1 nitrogen and oxygen atoms in total. The van der Waals surface area contributed by atoms with E-state index in [1.54, 1.807) is 11.3 Å². The molecule has 3 heteroatoms. The highest BCUT2D eigenvalue weighted by Gasteiger charge is 2.16. The Hall–Kier alpha value is 0.140. The third-order valence-electron chi connectivity index (χ3n) is 3.45. The molecule has 1 N–H and O–H groups in total. The molecule has 1 aromatic rings. The van der Waals surface area contributed by atoms with Crippen LogP contribution in [0, 0.1) is 5.92 Å². The van der Waals surface area contributed by atoms with E-state index >= 15 is 0 Å². The molecule has 17 heavy (non-hydrogen) atoms. The summed E-state index contributed by atoms with van der Waals surface area (Å²) in [6.07, 6.45) is 6.60. The summed E-state index contributed by atoms with van der Waals surface area (Å²) in [5.41, 5.74) is 1.43. The SMILES string of the molecule is CCCCC(CC)CC(NC)c1csc(Br)c1. The van der Waals surface area contributed by atoms with Gasteiger partial charge in [0.2, 0.25) is 0 Å². The van der Waals surface area contributed by atoms with E-state index in [4.69, 9.17) is 0 Å². The molecule has 1 aromatic heterocycles. The normalized spacial score (nSPS) is 14.8. The van der Waals surface area contributed by atoms with E-state index < -0.39 is 0 Å². The fourth-order valence-electron chi connectivity index (χ4n) is 2.24. The first-order valence-corrected chi connectivity index (χ1v) is 8.29. The zero-order valence-corrected chi connectivity index (χ0v) is 13.5. The van der Waals surface area contributed by atoms with E-state index in [0.717, 1.165) is 5.92 Å². The van der Waals surface area contributed by atoms with E-state index in [2.05, 4.69) is 53.6 Å². The van der Waals surface area contributed by atoms with Crippen LogP contribution in [-0.2, 0) is 0 Å². The van der Waals surface area contributed by atoms with E-state index in [9.17, 15) is 0 Å². The Morgan fingerprint density at radius 2 is 2.18 bits per heavy atom. The van der Waals surface area contributed by atoms with Gasteiger partial charge >= 0.3 is 0 Å². The molecule has 1 rings (SSSR count). The van der Waals surface area contributed by atoms with E-state index in [-0.39, 0.29) is 0 Å². The quantitative estimate of drug-likeness (QED) is 0.679. The van der Waals surface area contributed by atoms with Crippen LogP contribution in [0.3, 0.4) is 0 Å². The molecule has 0 aliphatic carbocycles. The van der Waals surface area contributed by atoms with Crippen LogP contribution in [0.15, 0.2) is 15.2 Å². The Bertz CT molecular complexity index is 311. The monoisotopic (exact) mass is 317 g/mol. The Morgan fingerprint density at radius 3 is 2.65 bits per heavy atom. The number of hydrogen-bond acceptors (Lipinski definition) is 2. The Kier molecular flexibility index (Phi) is 7.40. The van der Waals surface area contributed by atoms with Gasteiger partial charge in [-0.25, -0.2) is 0 Å². The molecular formula is C14H24BrNS. The first kappa shape index (κ1) is 15.2. The summed E-state index contributed by atoms with van der Waals surface area (Å²) in [5, 5.41) is 5.72. The Labute approximate surface area is 118 Å². The molecule has 2 atom stereocenters. The van der Waals surface area contributed by atoms with Crippen LogP contribution in [0.4, 0.5) is 0 Å². The average Bonchev–Trinajstić information content (AvgIpc) is 2.76. The van der Waals surface area contributed by atoms with Crippen LogP contribution in [0.2, 0.25) is 0 Å². The van der Waals surface area contributed by atoms with Crippen LogP contribution < -0.4 is 5.32 Å². The minimum absolute atomic E-state index is 0.513. The summed E-state index contributed by atoms with van der Waals surface area (Å²) in [7, 11) is 2.07. The van der Waals surface area contributed by atoms with Gasteiger partial charge in [-0.05, 0) is 52.3 Å². The number of hydrogen-bond donors (Lipinski definition) is 1. The van der Waals surface area contributed by atoms with E-state index in [0.29, 0.717) is 6.04 Å².